The second kappa shape index (κ2) is 3.02. The minimum absolute atomic E-state index is 0.427. The molecule has 1 aliphatic heterocycles. The molecule has 0 spiro atoms. The van der Waals surface area contributed by atoms with Crippen LogP contribution in [0.2, 0.25) is 0 Å². The summed E-state index contributed by atoms with van der Waals surface area (Å²) in [4.78, 5) is 0. The van der Waals surface area contributed by atoms with Crippen molar-refractivity contribution in [1.82, 2.24) is 0 Å². The number of ether oxygens (including phenoxy) is 1. The Balaban J connectivity index is 2.03. The SMILES string of the molecule is C=C(CCCC)C1CO1. The first kappa shape index (κ1) is 6.81. The fourth-order valence-corrected chi connectivity index (χ4v) is 0.849. The van der Waals surface area contributed by atoms with Crippen LogP contribution >= 0.6 is 0 Å². The third kappa shape index (κ3) is 2.19. The molecule has 1 rings (SSSR count). The Morgan fingerprint density at radius 3 is 2.89 bits per heavy atom. The highest BCUT2D eigenvalue weighted by Gasteiger charge is 2.24. The topological polar surface area (TPSA) is 12.5 Å². The van der Waals surface area contributed by atoms with E-state index >= 15 is 0 Å². The van der Waals surface area contributed by atoms with E-state index in [0.29, 0.717) is 6.10 Å². The van der Waals surface area contributed by atoms with Gasteiger partial charge in [-0.05, 0) is 18.4 Å². The van der Waals surface area contributed by atoms with Crippen LogP contribution in [0.4, 0.5) is 0 Å². The molecular formula is C8H14O. The van der Waals surface area contributed by atoms with Gasteiger partial charge in [-0.25, -0.2) is 0 Å². The highest BCUT2D eigenvalue weighted by molar-refractivity contribution is 5.07. The first-order chi connectivity index (χ1) is 4.34. The van der Waals surface area contributed by atoms with Crippen LogP contribution in [-0.2, 0) is 4.74 Å². The van der Waals surface area contributed by atoms with Crippen molar-refractivity contribution < 1.29 is 4.74 Å². The Labute approximate surface area is 56.7 Å². The van der Waals surface area contributed by atoms with Crippen LogP contribution < -0.4 is 0 Å². The third-order valence-electron chi connectivity index (χ3n) is 1.64. The maximum atomic E-state index is 5.07. The summed E-state index contributed by atoms with van der Waals surface area (Å²) >= 11 is 0. The van der Waals surface area contributed by atoms with Gasteiger partial charge in [0.25, 0.3) is 0 Å². The molecule has 0 aromatic heterocycles. The van der Waals surface area contributed by atoms with Crippen molar-refractivity contribution in [2.24, 2.45) is 0 Å². The van der Waals surface area contributed by atoms with E-state index in [2.05, 4.69) is 13.5 Å². The van der Waals surface area contributed by atoms with Gasteiger partial charge in [0.1, 0.15) is 6.10 Å². The Morgan fingerprint density at radius 1 is 1.78 bits per heavy atom. The number of epoxide rings is 1. The van der Waals surface area contributed by atoms with Crippen LogP contribution in [0.5, 0.6) is 0 Å². The van der Waals surface area contributed by atoms with Crippen LogP contribution in [0.1, 0.15) is 26.2 Å². The van der Waals surface area contributed by atoms with Gasteiger partial charge in [-0.2, -0.15) is 0 Å². The lowest BCUT2D eigenvalue weighted by atomic mass is 10.1. The van der Waals surface area contributed by atoms with Crippen molar-refractivity contribution in [3.05, 3.63) is 12.2 Å². The van der Waals surface area contributed by atoms with Gasteiger partial charge in [-0.3, -0.25) is 0 Å². The summed E-state index contributed by atoms with van der Waals surface area (Å²) in [5.41, 5.74) is 1.29. The Hall–Kier alpha value is -0.300. The molecule has 0 bridgehead atoms. The minimum Gasteiger partial charge on any atom is -0.368 e. The van der Waals surface area contributed by atoms with Crippen molar-refractivity contribution in [3.8, 4) is 0 Å². The zero-order valence-corrected chi connectivity index (χ0v) is 6.02. The fraction of sp³-hybridized carbons (Fsp3) is 0.750. The zero-order valence-electron chi connectivity index (χ0n) is 6.02. The fourth-order valence-electron chi connectivity index (χ4n) is 0.849. The maximum Gasteiger partial charge on any atom is 0.102 e. The molecule has 0 amide bonds. The predicted octanol–water partition coefficient (Wildman–Crippen LogP) is 2.13. The molecule has 1 aliphatic rings. The summed E-state index contributed by atoms with van der Waals surface area (Å²) < 4.78 is 5.07. The van der Waals surface area contributed by atoms with E-state index in [1.54, 1.807) is 0 Å². The minimum atomic E-state index is 0.427. The molecule has 0 N–H and O–H groups in total. The molecule has 9 heavy (non-hydrogen) atoms. The summed E-state index contributed by atoms with van der Waals surface area (Å²) in [7, 11) is 0. The monoisotopic (exact) mass is 126 g/mol. The molecule has 1 fully saturated rings. The van der Waals surface area contributed by atoms with Gasteiger partial charge in [-0.15, -0.1) is 0 Å². The molecule has 0 saturated carbocycles. The molecule has 0 aromatic rings. The number of rotatable bonds is 4. The van der Waals surface area contributed by atoms with Crippen molar-refractivity contribution in [2.75, 3.05) is 6.61 Å². The molecule has 1 unspecified atom stereocenters. The van der Waals surface area contributed by atoms with Crippen molar-refractivity contribution in [3.63, 3.8) is 0 Å². The number of hydrogen-bond acceptors (Lipinski definition) is 1. The Morgan fingerprint density at radius 2 is 2.44 bits per heavy atom. The van der Waals surface area contributed by atoms with E-state index in [-0.39, 0.29) is 0 Å². The third-order valence-corrected chi connectivity index (χ3v) is 1.64. The van der Waals surface area contributed by atoms with Crippen LogP contribution in [0, 0.1) is 0 Å². The van der Waals surface area contributed by atoms with E-state index in [9.17, 15) is 0 Å². The number of hydrogen-bond donors (Lipinski definition) is 0. The van der Waals surface area contributed by atoms with Crippen LogP contribution in [0.25, 0.3) is 0 Å². The summed E-state index contributed by atoms with van der Waals surface area (Å²) in [5, 5.41) is 0. The van der Waals surface area contributed by atoms with Crippen molar-refractivity contribution >= 4 is 0 Å². The summed E-state index contributed by atoms with van der Waals surface area (Å²) in [5.74, 6) is 0. The van der Waals surface area contributed by atoms with Crippen molar-refractivity contribution in [1.29, 1.82) is 0 Å². The normalized spacial score (nSPS) is 23.9. The molecule has 0 aromatic carbocycles. The second-order valence-electron chi connectivity index (χ2n) is 2.58. The molecule has 0 radical (unpaired) electrons. The second-order valence-corrected chi connectivity index (χ2v) is 2.58. The average molecular weight is 126 g/mol. The molecule has 1 nitrogen and oxygen atoms in total. The van der Waals surface area contributed by atoms with Gasteiger partial charge in [0.2, 0.25) is 0 Å². The summed E-state index contributed by atoms with van der Waals surface area (Å²) in [6, 6.07) is 0. The Kier molecular flexibility index (Phi) is 2.29. The maximum absolute atomic E-state index is 5.07. The molecule has 0 aliphatic carbocycles. The van der Waals surface area contributed by atoms with Gasteiger partial charge >= 0.3 is 0 Å². The lowest BCUT2D eigenvalue weighted by molar-refractivity contribution is 0.427. The predicted molar refractivity (Wildman–Crippen MR) is 38.4 cm³/mol. The summed E-state index contributed by atoms with van der Waals surface area (Å²) in [6.07, 6.45) is 4.10. The highest BCUT2D eigenvalue weighted by Crippen LogP contribution is 2.21. The lowest BCUT2D eigenvalue weighted by Crippen LogP contribution is -1.89. The quantitative estimate of drug-likeness (QED) is 0.415. The lowest BCUT2D eigenvalue weighted by Gasteiger charge is -1.97. The highest BCUT2D eigenvalue weighted by atomic mass is 16.6. The largest absolute Gasteiger partial charge is 0.368 e. The Bertz CT molecular complexity index is 103. The van der Waals surface area contributed by atoms with Crippen LogP contribution in [0.15, 0.2) is 12.2 Å². The standard InChI is InChI=1S/C8H14O/c1-3-4-5-7(2)8-6-9-8/h8H,2-6H2,1H3. The van der Waals surface area contributed by atoms with E-state index in [1.165, 1.54) is 18.4 Å². The van der Waals surface area contributed by atoms with Gasteiger partial charge in [-0.1, -0.05) is 19.9 Å². The van der Waals surface area contributed by atoms with Crippen LogP contribution in [-0.4, -0.2) is 12.7 Å². The molecule has 1 atom stereocenters. The van der Waals surface area contributed by atoms with E-state index in [4.69, 9.17) is 4.74 Å². The van der Waals surface area contributed by atoms with Crippen LogP contribution in [0.3, 0.4) is 0 Å². The number of unbranched alkanes of at least 4 members (excludes halogenated alkanes) is 1. The first-order valence-corrected chi connectivity index (χ1v) is 3.64. The van der Waals surface area contributed by atoms with Gasteiger partial charge in [0.05, 0.1) is 6.61 Å². The van der Waals surface area contributed by atoms with Gasteiger partial charge in [0.15, 0.2) is 0 Å². The molecule has 1 heteroatoms. The van der Waals surface area contributed by atoms with Gasteiger partial charge in [0, 0.05) is 0 Å². The summed E-state index contributed by atoms with van der Waals surface area (Å²) in [6.45, 7) is 7.04. The smallest absolute Gasteiger partial charge is 0.102 e. The zero-order chi connectivity index (χ0) is 6.69. The molecular weight excluding hydrogens is 112 g/mol. The van der Waals surface area contributed by atoms with E-state index in [0.717, 1.165) is 13.0 Å². The molecule has 52 valence electrons. The van der Waals surface area contributed by atoms with Gasteiger partial charge < -0.3 is 4.74 Å². The molecule has 1 heterocycles. The average Bonchev–Trinajstić information content (AvgIpc) is 2.63. The molecule has 1 saturated heterocycles. The first-order valence-electron chi connectivity index (χ1n) is 3.64. The van der Waals surface area contributed by atoms with E-state index in [1.807, 2.05) is 0 Å². The van der Waals surface area contributed by atoms with Crippen molar-refractivity contribution in [2.45, 2.75) is 32.3 Å². The van der Waals surface area contributed by atoms with E-state index < -0.39 is 0 Å².